The summed E-state index contributed by atoms with van der Waals surface area (Å²) in [5.74, 6) is 0. The second kappa shape index (κ2) is 5.99. The highest BCUT2D eigenvalue weighted by molar-refractivity contribution is 9.10. The molecule has 3 aromatic rings. The first-order chi connectivity index (χ1) is 10.2. The average Bonchev–Trinajstić information content (AvgIpc) is 3.04. The Kier molecular flexibility index (Phi) is 4.07. The van der Waals surface area contributed by atoms with Gasteiger partial charge in [0.25, 0.3) is 0 Å². The Hall–Kier alpha value is -1.66. The van der Waals surface area contributed by atoms with Crippen LogP contribution in [0.25, 0.3) is 11.0 Å². The molecule has 0 radical (unpaired) electrons. The molecule has 110 valence electrons. The minimum atomic E-state index is -0.133. The normalized spacial score (nSPS) is 12.9. The van der Waals surface area contributed by atoms with E-state index in [1.165, 1.54) is 0 Å². The Morgan fingerprint density at radius 3 is 2.95 bits per heavy atom. The highest BCUT2D eigenvalue weighted by Gasteiger charge is 2.17. The minimum absolute atomic E-state index is 0.133. The van der Waals surface area contributed by atoms with Crippen LogP contribution in [0.4, 0.5) is 0 Å². The molecule has 0 amide bonds. The van der Waals surface area contributed by atoms with Crippen LogP contribution in [0.15, 0.2) is 41.3 Å². The van der Waals surface area contributed by atoms with Gasteiger partial charge in [0.1, 0.15) is 0 Å². The fourth-order valence-electron chi connectivity index (χ4n) is 2.58. The van der Waals surface area contributed by atoms with Gasteiger partial charge in [-0.25, -0.2) is 4.98 Å². The van der Waals surface area contributed by atoms with Gasteiger partial charge in [-0.1, -0.05) is 19.1 Å². The van der Waals surface area contributed by atoms with E-state index in [1.54, 1.807) is 0 Å². The second-order valence-electron chi connectivity index (χ2n) is 5.09. The van der Waals surface area contributed by atoms with Crippen molar-refractivity contribution in [3.8, 4) is 0 Å². The lowest BCUT2D eigenvalue weighted by Crippen LogP contribution is -2.21. The van der Waals surface area contributed by atoms with Crippen molar-refractivity contribution < 1.29 is 0 Å². The van der Waals surface area contributed by atoms with Gasteiger partial charge >= 0.3 is 0 Å². The van der Waals surface area contributed by atoms with E-state index in [9.17, 15) is 0 Å². The molecule has 6 heteroatoms. The first-order valence-electron chi connectivity index (χ1n) is 7.07. The van der Waals surface area contributed by atoms with E-state index in [0.717, 1.165) is 34.2 Å². The number of para-hydroxylation sites is 2. The Balaban J connectivity index is 1.89. The van der Waals surface area contributed by atoms with Gasteiger partial charge in [-0.15, -0.1) is 0 Å². The molecule has 0 bridgehead atoms. The fraction of sp³-hybridized carbons (Fsp3) is 0.333. The maximum atomic E-state index is 6.41. The third-order valence-electron chi connectivity index (χ3n) is 3.54. The Labute approximate surface area is 131 Å². The monoisotopic (exact) mass is 347 g/mol. The standard InChI is InChI=1S/C15H18BrN5/c1-2-7-21-15(11(16)8-19-21)12(17)9-20-10-18-13-5-3-4-6-14(13)20/h3-6,8,10,12H,2,7,9,17H2,1H3. The molecule has 0 aliphatic heterocycles. The number of nitrogens with zero attached hydrogens (tertiary/aromatic N) is 4. The molecular weight excluding hydrogens is 330 g/mol. The molecule has 2 N–H and O–H groups in total. The van der Waals surface area contributed by atoms with E-state index in [-0.39, 0.29) is 6.04 Å². The van der Waals surface area contributed by atoms with Crippen LogP contribution >= 0.6 is 15.9 Å². The van der Waals surface area contributed by atoms with Crippen molar-refractivity contribution in [3.05, 3.63) is 47.0 Å². The number of fused-ring (bicyclic) bond motifs is 1. The number of halogens is 1. The molecule has 0 saturated heterocycles. The third kappa shape index (κ3) is 2.73. The molecular formula is C15H18BrN5. The molecule has 1 aromatic carbocycles. The zero-order chi connectivity index (χ0) is 14.8. The van der Waals surface area contributed by atoms with Gasteiger partial charge in [-0.2, -0.15) is 5.10 Å². The highest BCUT2D eigenvalue weighted by Crippen LogP contribution is 2.24. The lowest BCUT2D eigenvalue weighted by molar-refractivity contribution is 0.501. The summed E-state index contributed by atoms with van der Waals surface area (Å²) in [5.41, 5.74) is 9.54. The number of aromatic nitrogens is 4. The summed E-state index contributed by atoms with van der Waals surface area (Å²) in [6, 6.07) is 7.95. The smallest absolute Gasteiger partial charge is 0.0958 e. The molecule has 1 atom stereocenters. The molecule has 0 fully saturated rings. The highest BCUT2D eigenvalue weighted by atomic mass is 79.9. The first kappa shape index (κ1) is 14.3. The molecule has 3 rings (SSSR count). The van der Waals surface area contributed by atoms with Crippen LogP contribution in [0.3, 0.4) is 0 Å². The van der Waals surface area contributed by atoms with Gasteiger partial charge < -0.3 is 10.3 Å². The maximum absolute atomic E-state index is 6.41. The molecule has 1 unspecified atom stereocenters. The molecule has 21 heavy (non-hydrogen) atoms. The number of hydrogen-bond donors (Lipinski definition) is 1. The lowest BCUT2D eigenvalue weighted by atomic mass is 10.2. The molecule has 0 saturated carbocycles. The van der Waals surface area contributed by atoms with Crippen molar-refractivity contribution in [2.45, 2.75) is 32.5 Å². The summed E-state index contributed by atoms with van der Waals surface area (Å²) in [4.78, 5) is 4.41. The van der Waals surface area contributed by atoms with Gasteiger partial charge in [0.15, 0.2) is 0 Å². The molecule has 0 aliphatic carbocycles. The van der Waals surface area contributed by atoms with Gasteiger partial charge in [0, 0.05) is 13.1 Å². The number of imidazole rings is 1. The number of benzene rings is 1. The van der Waals surface area contributed by atoms with Crippen LogP contribution in [0.2, 0.25) is 0 Å². The predicted octanol–water partition coefficient (Wildman–Crippen LogP) is 3.11. The van der Waals surface area contributed by atoms with E-state index >= 15 is 0 Å². The van der Waals surface area contributed by atoms with Gasteiger partial charge in [0.2, 0.25) is 0 Å². The Morgan fingerprint density at radius 1 is 1.33 bits per heavy atom. The molecule has 0 aliphatic rings. The van der Waals surface area contributed by atoms with Crippen LogP contribution in [0.1, 0.15) is 25.1 Å². The quantitative estimate of drug-likeness (QED) is 0.771. The van der Waals surface area contributed by atoms with Crippen molar-refractivity contribution in [1.29, 1.82) is 0 Å². The van der Waals surface area contributed by atoms with Gasteiger partial charge in [-0.3, -0.25) is 4.68 Å². The zero-order valence-electron chi connectivity index (χ0n) is 11.9. The van der Waals surface area contributed by atoms with Gasteiger partial charge in [0.05, 0.1) is 39.8 Å². The Morgan fingerprint density at radius 2 is 2.14 bits per heavy atom. The molecule has 0 spiro atoms. The van der Waals surface area contributed by atoms with E-state index < -0.39 is 0 Å². The molecule has 2 heterocycles. The summed E-state index contributed by atoms with van der Waals surface area (Å²) in [5, 5.41) is 4.38. The van der Waals surface area contributed by atoms with E-state index in [1.807, 2.05) is 35.4 Å². The first-order valence-corrected chi connectivity index (χ1v) is 7.86. The van der Waals surface area contributed by atoms with Crippen molar-refractivity contribution in [2.75, 3.05) is 0 Å². The number of nitrogens with two attached hydrogens (primary N) is 1. The topological polar surface area (TPSA) is 61.7 Å². The van der Waals surface area contributed by atoms with Crippen molar-refractivity contribution in [3.63, 3.8) is 0 Å². The molecule has 5 nitrogen and oxygen atoms in total. The van der Waals surface area contributed by atoms with Crippen molar-refractivity contribution in [2.24, 2.45) is 5.73 Å². The van der Waals surface area contributed by atoms with Crippen LogP contribution in [-0.2, 0) is 13.1 Å². The fourth-order valence-corrected chi connectivity index (χ4v) is 3.17. The summed E-state index contributed by atoms with van der Waals surface area (Å²) >= 11 is 3.55. The Bertz CT molecular complexity index is 745. The minimum Gasteiger partial charge on any atom is -0.329 e. The summed E-state index contributed by atoms with van der Waals surface area (Å²) in [6.45, 7) is 3.68. The maximum Gasteiger partial charge on any atom is 0.0958 e. The van der Waals surface area contributed by atoms with Crippen LogP contribution in [0.5, 0.6) is 0 Å². The summed E-state index contributed by atoms with van der Waals surface area (Å²) in [7, 11) is 0. The average molecular weight is 348 g/mol. The molecule has 2 aromatic heterocycles. The van der Waals surface area contributed by atoms with Crippen LogP contribution in [0, 0.1) is 0 Å². The zero-order valence-corrected chi connectivity index (χ0v) is 13.5. The SMILES string of the molecule is CCCn1ncc(Br)c1C(N)Cn1cnc2ccccc21. The lowest BCUT2D eigenvalue weighted by Gasteiger charge is -2.16. The van der Waals surface area contributed by atoms with Crippen LogP contribution < -0.4 is 5.73 Å². The third-order valence-corrected chi connectivity index (χ3v) is 4.15. The summed E-state index contributed by atoms with van der Waals surface area (Å²) in [6.07, 6.45) is 4.69. The predicted molar refractivity (Wildman–Crippen MR) is 86.9 cm³/mol. The number of rotatable bonds is 5. The van der Waals surface area contributed by atoms with Crippen LogP contribution in [-0.4, -0.2) is 19.3 Å². The van der Waals surface area contributed by atoms with Gasteiger partial charge in [-0.05, 0) is 34.5 Å². The van der Waals surface area contributed by atoms with E-state index in [2.05, 4.69) is 43.6 Å². The van der Waals surface area contributed by atoms with Crippen molar-refractivity contribution in [1.82, 2.24) is 19.3 Å². The second-order valence-corrected chi connectivity index (χ2v) is 5.95. The number of hydrogen-bond acceptors (Lipinski definition) is 3. The van der Waals surface area contributed by atoms with Crippen molar-refractivity contribution >= 4 is 27.0 Å². The van der Waals surface area contributed by atoms with E-state index in [0.29, 0.717) is 6.54 Å². The largest absolute Gasteiger partial charge is 0.329 e. The van der Waals surface area contributed by atoms with E-state index in [4.69, 9.17) is 5.73 Å². The number of aryl methyl sites for hydroxylation is 1. The summed E-state index contributed by atoms with van der Waals surface area (Å²) < 4.78 is 5.04.